The lowest BCUT2D eigenvalue weighted by molar-refractivity contribution is -0.150. The van der Waals surface area contributed by atoms with Crippen molar-refractivity contribution in [3.05, 3.63) is 29.8 Å². The van der Waals surface area contributed by atoms with Crippen LogP contribution in [0.5, 0.6) is 5.75 Å². The highest BCUT2D eigenvalue weighted by molar-refractivity contribution is 5.81. The highest BCUT2D eigenvalue weighted by Gasteiger charge is 2.20. The number of amides is 1. The van der Waals surface area contributed by atoms with Crippen LogP contribution in [-0.4, -0.2) is 31.1 Å². The molecule has 1 aliphatic carbocycles. The Hall–Kier alpha value is -2.04. The van der Waals surface area contributed by atoms with Crippen molar-refractivity contribution in [1.82, 2.24) is 5.32 Å². The van der Waals surface area contributed by atoms with Gasteiger partial charge in [0.25, 0.3) is 5.91 Å². The normalized spacial score (nSPS) is 20.3. The summed E-state index contributed by atoms with van der Waals surface area (Å²) in [6.45, 7) is 8.19. The Bertz CT molecular complexity index is 595. The van der Waals surface area contributed by atoms with E-state index in [2.05, 4.69) is 33.0 Å². The first kappa shape index (κ1) is 20.3. The van der Waals surface area contributed by atoms with Crippen molar-refractivity contribution >= 4 is 11.9 Å². The Morgan fingerprint density at radius 3 is 2.23 bits per heavy atom. The van der Waals surface area contributed by atoms with Crippen LogP contribution >= 0.6 is 0 Å². The summed E-state index contributed by atoms with van der Waals surface area (Å²) in [7, 11) is 0. The number of rotatable bonds is 6. The summed E-state index contributed by atoms with van der Waals surface area (Å²) in [5, 5.41) is 2.93. The lowest BCUT2D eigenvalue weighted by atomic mass is 9.87. The highest BCUT2D eigenvalue weighted by atomic mass is 16.6. The summed E-state index contributed by atoms with van der Waals surface area (Å²) < 4.78 is 10.4. The maximum Gasteiger partial charge on any atom is 0.344 e. The topological polar surface area (TPSA) is 64.6 Å². The second kappa shape index (κ2) is 9.06. The van der Waals surface area contributed by atoms with Gasteiger partial charge in [-0.1, -0.05) is 39.8 Å². The molecule has 0 heterocycles. The highest BCUT2D eigenvalue weighted by Crippen LogP contribution is 2.24. The smallest absolute Gasteiger partial charge is 0.344 e. The van der Waals surface area contributed by atoms with Gasteiger partial charge >= 0.3 is 5.97 Å². The van der Waals surface area contributed by atoms with Gasteiger partial charge < -0.3 is 14.8 Å². The van der Waals surface area contributed by atoms with Crippen LogP contribution in [0.15, 0.2) is 24.3 Å². The van der Waals surface area contributed by atoms with Crippen LogP contribution in [0.1, 0.15) is 58.9 Å². The minimum atomic E-state index is -0.544. The molecule has 1 amide bonds. The van der Waals surface area contributed by atoms with E-state index in [0.29, 0.717) is 5.75 Å². The van der Waals surface area contributed by atoms with Crippen molar-refractivity contribution in [2.24, 2.45) is 5.92 Å². The fourth-order valence-corrected chi connectivity index (χ4v) is 3.05. The van der Waals surface area contributed by atoms with E-state index in [9.17, 15) is 9.59 Å². The maximum atomic E-state index is 11.9. The fourth-order valence-electron chi connectivity index (χ4n) is 3.05. The molecule has 26 heavy (non-hydrogen) atoms. The first-order valence-corrected chi connectivity index (χ1v) is 9.42. The first-order chi connectivity index (χ1) is 12.2. The van der Waals surface area contributed by atoms with E-state index in [1.165, 1.54) is 5.56 Å². The monoisotopic (exact) mass is 361 g/mol. The molecule has 0 unspecified atom stereocenters. The predicted molar refractivity (Wildman–Crippen MR) is 101 cm³/mol. The Morgan fingerprint density at radius 1 is 1.04 bits per heavy atom. The molecule has 1 fully saturated rings. The van der Waals surface area contributed by atoms with E-state index in [1.807, 2.05) is 24.3 Å². The third-order valence-corrected chi connectivity index (χ3v) is 4.82. The van der Waals surface area contributed by atoms with Gasteiger partial charge in [-0.2, -0.15) is 0 Å². The Kier molecular flexibility index (Phi) is 7.06. The van der Waals surface area contributed by atoms with Gasteiger partial charge in [-0.25, -0.2) is 4.79 Å². The number of nitrogens with one attached hydrogen (secondary N) is 1. The summed E-state index contributed by atoms with van der Waals surface area (Å²) in [4.78, 5) is 23.6. The summed E-state index contributed by atoms with van der Waals surface area (Å²) in [6, 6.07) is 7.85. The van der Waals surface area contributed by atoms with Gasteiger partial charge in [0.05, 0.1) is 0 Å². The molecule has 1 aromatic carbocycles. The number of carbonyl (C=O) groups excluding carboxylic acids is 2. The van der Waals surface area contributed by atoms with Crippen LogP contribution in [0.3, 0.4) is 0 Å². The zero-order chi connectivity index (χ0) is 19.2. The zero-order valence-electron chi connectivity index (χ0n) is 16.3. The van der Waals surface area contributed by atoms with E-state index >= 15 is 0 Å². The lowest BCUT2D eigenvalue weighted by Crippen LogP contribution is -2.39. The third kappa shape index (κ3) is 6.70. The summed E-state index contributed by atoms with van der Waals surface area (Å²) in [5.74, 6) is 0.552. The van der Waals surface area contributed by atoms with E-state index < -0.39 is 5.97 Å². The Balaban J connectivity index is 1.66. The van der Waals surface area contributed by atoms with Gasteiger partial charge in [0.15, 0.2) is 13.2 Å². The van der Waals surface area contributed by atoms with Gasteiger partial charge in [-0.15, -0.1) is 0 Å². The number of benzene rings is 1. The number of hydrogen-bond acceptors (Lipinski definition) is 4. The molecule has 1 aromatic rings. The Labute approximate surface area is 156 Å². The molecule has 2 rings (SSSR count). The van der Waals surface area contributed by atoms with Crippen molar-refractivity contribution in [3.63, 3.8) is 0 Å². The van der Waals surface area contributed by atoms with Gasteiger partial charge in [-0.05, 0) is 54.7 Å². The van der Waals surface area contributed by atoms with Crippen LogP contribution in [0.2, 0.25) is 0 Å². The van der Waals surface area contributed by atoms with Gasteiger partial charge in [0, 0.05) is 6.04 Å². The predicted octanol–water partition coefficient (Wildman–Crippen LogP) is 3.60. The molecular weight excluding hydrogens is 330 g/mol. The molecule has 0 atom stereocenters. The average Bonchev–Trinajstić information content (AvgIpc) is 2.60. The molecule has 0 aliphatic heterocycles. The van der Waals surface area contributed by atoms with E-state index in [-0.39, 0.29) is 30.6 Å². The molecule has 0 aromatic heterocycles. The van der Waals surface area contributed by atoms with Gasteiger partial charge in [0.1, 0.15) is 5.75 Å². The fraction of sp³-hybridized carbons (Fsp3) is 0.619. The number of carbonyl (C=O) groups is 2. The quantitative estimate of drug-likeness (QED) is 0.786. The number of hydrogen-bond donors (Lipinski definition) is 1. The third-order valence-electron chi connectivity index (χ3n) is 4.82. The molecule has 1 aliphatic rings. The van der Waals surface area contributed by atoms with E-state index in [0.717, 1.165) is 31.6 Å². The van der Waals surface area contributed by atoms with E-state index in [1.54, 1.807) is 0 Å². The number of esters is 1. The molecule has 1 N–H and O–H groups in total. The summed E-state index contributed by atoms with van der Waals surface area (Å²) in [6.07, 6.45) is 4.25. The molecule has 5 heteroatoms. The molecule has 0 spiro atoms. The van der Waals surface area contributed by atoms with Crippen molar-refractivity contribution in [2.75, 3.05) is 13.2 Å². The van der Waals surface area contributed by atoms with Crippen molar-refractivity contribution < 1.29 is 19.1 Å². The molecule has 1 saturated carbocycles. The van der Waals surface area contributed by atoms with Gasteiger partial charge in [0.2, 0.25) is 0 Å². The molecule has 0 bridgehead atoms. The first-order valence-electron chi connectivity index (χ1n) is 9.42. The minimum Gasteiger partial charge on any atom is -0.482 e. The average molecular weight is 361 g/mol. The SMILES string of the molecule is CC1CCC(NC(=O)COC(=O)COc2ccc(C(C)(C)C)cc2)CC1. The van der Waals surface area contributed by atoms with Gasteiger partial charge in [-0.3, -0.25) is 4.79 Å². The molecule has 5 nitrogen and oxygen atoms in total. The van der Waals surface area contributed by atoms with Crippen LogP contribution in [0.25, 0.3) is 0 Å². The van der Waals surface area contributed by atoms with Crippen molar-refractivity contribution in [1.29, 1.82) is 0 Å². The second-order valence-electron chi connectivity index (χ2n) is 8.25. The van der Waals surface area contributed by atoms with E-state index in [4.69, 9.17) is 9.47 Å². The Morgan fingerprint density at radius 2 is 1.65 bits per heavy atom. The molecule has 144 valence electrons. The van der Waals surface area contributed by atoms with Crippen LogP contribution in [0, 0.1) is 5.92 Å². The van der Waals surface area contributed by atoms with Crippen molar-refractivity contribution in [3.8, 4) is 5.75 Å². The maximum absolute atomic E-state index is 11.9. The number of ether oxygens (including phenoxy) is 2. The zero-order valence-corrected chi connectivity index (χ0v) is 16.3. The minimum absolute atomic E-state index is 0.0706. The second-order valence-corrected chi connectivity index (χ2v) is 8.25. The summed E-state index contributed by atoms with van der Waals surface area (Å²) in [5.41, 5.74) is 1.27. The molecule has 0 saturated heterocycles. The standard InChI is InChI=1S/C21H31NO4/c1-15-5-9-17(10-6-15)22-19(23)13-26-20(24)14-25-18-11-7-16(8-12-18)21(2,3)4/h7-8,11-12,15,17H,5-6,9-10,13-14H2,1-4H3,(H,22,23). The molecule has 0 radical (unpaired) electrons. The van der Waals surface area contributed by atoms with Crippen LogP contribution in [-0.2, 0) is 19.7 Å². The lowest BCUT2D eigenvalue weighted by Gasteiger charge is -2.26. The summed E-state index contributed by atoms with van der Waals surface area (Å²) >= 11 is 0. The molecular formula is C21H31NO4. The largest absolute Gasteiger partial charge is 0.482 e. The van der Waals surface area contributed by atoms with Crippen LogP contribution in [0.4, 0.5) is 0 Å². The van der Waals surface area contributed by atoms with Crippen molar-refractivity contribution in [2.45, 2.75) is 64.8 Å². The van der Waals surface area contributed by atoms with Crippen LogP contribution < -0.4 is 10.1 Å².